The number of rotatable bonds is 2. The third-order valence-electron chi connectivity index (χ3n) is 4.09. The maximum atomic E-state index is 12.7. The van der Waals surface area contributed by atoms with Crippen LogP contribution in [-0.4, -0.2) is 58.9 Å². The van der Waals surface area contributed by atoms with Gasteiger partial charge >= 0.3 is 6.03 Å². The normalized spacial score (nSPS) is 15.3. The molecule has 0 bridgehead atoms. The van der Waals surface area contributed by atoms with Crippen molar-refractivity contribution in [3.63, 3.8) is 0 Å². The number of amides is 3. The standard InChI is InChI=1S/C17H22N4O2/c1-12(2)19-17(23)21-9-7-20(8-10-21)16(22)14-11-18-15-6-4-3-5-13(14)15/h3-6,11-12,18H,7-10H2,1-2H3,(H,19,23). The average molecular weight is 314 g/mol. The van der Waals surface area contributed by atoms with Gasteiger partial charge < -0.3 is 20.1 Å². The number of H-pyrrole nitrogens is 1. The summed E-state index contributed by atoms with van der Waals surface area (Å²) in [5.74, 6) is 0.0198. The van der Waals surface area contributed by atoms with Gasteiger partial charge in [0, 0.05) is 49.3 Å². The molecule has 1 saturated heterocycles. The van der Waals surface area contributed by atoms with Crippen molar-refractivity contribution >= 4 is 22.8 Å². The van der Waals surface area contributed by atoms with Crippen molar-refractivity contribution in [3.05, 3.63) is 36.0 Å². The van der Waals surface area contributed by atoms with Gasteiger partial charge in [0.1, 0.15) is 0 Å². The number of hydrogen-bond donors (Lipinski definition) is 2. The van der Waals surface area contributed by atoms with Crippen LogP contribution in [0.15, 0.2) is 30.5 Å². The van der Waals surface area contributed by atoms with Gasteiger partial charge in [0.15, 0.2) is 0 Å². The second-order valence-corrected chi connectivity index (χ2v) is 6.13. The van der Waals surface area contributed by atoms with Crippen LogP contribution < -0.4 is 5.32 Å². The number of carbonyl (C=O) groups excluding carboxylic acids is 2. The Bertz CT molecular complexity index is 714. The molecule has 0 unspecified atom stereocenters. The lowest BCUT2D eigenvalue weighted by Gasteiger charge is -2.35. The number of urea groups is 1. The molecule has 0 saturated carbocycles. The monoisotopic (exact) mass is 314 g/mol. The number of carbonyl (C=O) groups is 2. The van der Waals surface area contributed by atoms with E-state index in [-0.39, 0.29) is 18.0 Å². The molecule has 122 valence electrons. The summed E-state index contributed by atoms with van der Waals surface area (Å²) in [5.41, 5.74) is 1.66. The van der Waals surface area contributed by atoms with Crippen molar-refractivity contribution in [1.82, 2.24) is 20.1 Å². The molecule has 3 rings (SSSR count). The largest absolute Gasteiger partial charge is 0.360 e. The van der Waals surface area contributed by atoms with Crippen LogP contribution in [-0.2, 0) is 0 Å². The van der Waals surface area contributed by atoms with Crippen LogP contribution in [0.3, 0.4) is 0 Å². The van der Waals surface area contributed by atoms with Gasteiger partial charge in [-0.25, -0.2) is 4.79 Å². The minimum Gasteiger partial charge on any atom is -0.360 e. The first kappa shape index (κ1) is 15.4. The molecule has 0 spiro atoms. The number of piperazine rings is 1. The van der Waals surface area contributed by atoms with E-state index in [9.17, 15) is 9.59 Å². The number of nitrogens with zero attached hydrogens (tertiary/aromatic N) is 2. The minimum atomic E-state index is -0.0563. The molecular formula is C17H22N4O2. The van der Waals surface area contributed by atoms with E-state index in [0.717, 1.165) is 10.9 Å². The van der Waals surface area contributed by atoms with Crippen LogP contribution in [0.1, 0.15) is 24.2 Å². The molecule has 2 N–H and O–H groups in total. The van der Waals surface area contributed by atoms with E-state index < -0.39 is 0 Å². The van der Waals surface area contributed by atoms with Gasteiger partial charge in [-0.3, -0.25) is 4.79 Å². The van der Waals surface area contributed by atoms with E-state index in [2.05, 4.69) is 10.3 Å². The van der Waals surface area contributed by atoms with Gasteiger partial charge in [-0.05, 0) is 19.9 Å². The number of benzene rings is 1. The summed E-state index contributed by atoms with van der Waals surface area (Å²) >= 11 is 0. The third-order valence-corrected chi connectivity index (χ3v) is 4.09. The van der Waals surface area contributed by atoms with E-state index in [1.807, 2.05) is 43.0 Å². The first-order chi connectivity index (χ1) is 11.1. The van der Waals surface area contributed by atoms with E-state index in [0.29, 0.717) is 31.7 Å². The SMILES string of the molecule is CC(C)NC(=O)N1CCN(C(=O)c2c[nH]c3ccccc23)CC1. The zero-order valence-corrected chi connectivity index (χ0v) is 13.5. The molecule has 6 heteroatoms. The summed E-state index contributed by atoms with van der Waals surface area (Å²) < 4.78 is 0. The lowest BCUT2D eigenvalue weighted by atomic mass is 10.1. The van der Waals surface area contributed by atoms with Gasteiger partial charge in [-0.2, -0.15) is 0 Å². The van der Waals surface area contributed by atoms with Crippen molar-refractivity contribution in [2.24, 2.45) is 0 Å². The van der Waals surface area contributed by atoms with E-state index >= 15 is 0 Å². The zero-order chi connectivity index (χ0) is 16.4. The molecule has 1 aromatic heterocycles. The highest BCUT2D eigenvalue weighted by atomic mass is 16.2. The first-order valence-electron chi connectivity index (χ1n) is 7.97. The van der Waals surface area contributed by atoms with E-state index in [1.165, 1.54) is 0 Å². The predicted octanol–water partition coefficient (Wildman–Crippen LogP) is 2.04. The maximum Gasteiger partial charge on any atom is 0.317 e. The Balaban J connectivity index is 1.66. The van der Waals surface area contributed by atoms with Gasteiger partial charge in [0.05, 0.1) is 5.56 Å². The maximum absolute atomic E-state index is 12.7. The smallest absolute Gasteiger partial charge is 0.317 e. The summed E-state index contributed by atoms with van der Waals surface area (Å²) in [6.07, 6.45) is 1.77. The number of para-hydroxylation sites is 1. The molecular weight excluding hydrogens is 292 g/mol. The first-order valence-corrected chi connectivity index (χ1v) is 7.97. The number of aromatic nitrogens is 1. The number of hydrogen-bond acceptors (Lipinski definition) is 2. The molecule has 6 nitrogen and oxygen atoms in total. The molecule has 1 fully saturated rings. The van der Waals surface area contributed by atoms with Gasteiger partial charge in [0.2, 0.25) is 0 Å². The summed E-state index contributed by atoms with van der Waals surface area (Å²) in [6, 6.07) is 7.85. The van der Waals surface area contributed by atoms with Crippen molar-refractivity contribution in [2.75, 3.05) is 26.2 Å². The lowest BCUT2D eigenvalue weighted by molar-refractivity contribution is 0.0666. The van der Waals surface area contributed by atoms with Crippen molar-refractivity contribution in [3.8, 4) is 0 Å². The molecule has 0 radical (unpaired) electrons. The summed E-state index contributed by atoms with van der Waals surface area (Å²) in [4.78, 5) is 31.4. The Labute approximate surface area is 135 Å². The van der Waals surface area contributed by atoms with Gasteiger partial charge in [0.25, 0.3) is 5.91 Å². The molecule has 2 aromatic rings. The molecule has 1 aromatic carbocycles. The Hall–Kier alpha value is -2.50. The molecule has 1 aliphatic rings. The number of nitrogens with one attached hydrogen (secondary N) is 2. The fraction of sp³-hybridized carbons (Fsp3) is 0.412. The van der Waals surface area contributed by atoms with Crippen LogP contribution in [0.25, 0.3) is 10.9 Å². The number of aromatic amines is 1. The third kappa shape index (κ3) is 3.16. The zero-order valence-electron chi connectivity index (χ0n) is 13.5. The fourth-order valence-electron chi connectivity index (χ4n) is 2.87. The van der Waals surface area contributed by atoms with Crippen molar-refractivity contribution < 1.29 is 9.59 Å². The second-order valence-electron chi connectivity index (χ2n) is 6.13. The van der Waals surface area contributed by atoms with E-state index in [1.54, 1.807) is 11.1 Å². The predicted molar refractivity (Wildman–Crippen MR) is 89.4 cm³/mol. The highest BCUT2D eigenvalue weighted by Crippen LogP contribution is 2.20. The Morgan fingerprint density at radius 2 is 1.74 bits per heavy atom. The molecule has 23 heavy (non-hydrogen) atoms. The van der Waals surface area contributed by atoms with Gasteiger partial charge in [-0.15, -0.1) is 0 Å². The molecule has 0 atom stereocenters. The highest BCUT2D eigenvalue weighted by molar-refractivity contribution is 6.06. The Morgan fingerprint density at radius 3 is 2.43 bits per heavy atom. The van der Waals surface area contributed by atoms with E-state index in [4.69, 9.17) is 0 Å². The van der Waals surface area contributed by atoms with Crippen LogP contribution in [0, 0.1) is 0 Å². The minimum absolute atomic E-state index is 0.0198. The molecule has 2 heterocycles. The number of fused-ring (bicyclic) bond motifs is 1. The quantitative estimate of drug-likeness (QED) is 0.891. The molecule has 1 aliphatic heterocycles. The Kier molecular flexibility index (Phi) is 4.23. The average Bonchev–Trinajstić information content (AvgIpc) is 2.97. The van der Waals surface area contributed by atoms with Crippen molar-refractivity contribution in [2.45, 2.75) is 19.9 Å². The fourth-order valence-corrected chi connectivity index (χ4v) is 2.87. The second kappa shape index (κ2) is 6.32. The topological polar surface area (TPSA) is 68.4 Å². The summed E-state index contributed by atoms with van der Waals surface area (Å²) in [7, 11) is 0. The highest BCUT2D eigenvalue weighted by Gasteiger charge is 2.26. The van der Waals surface area contributed by atoms with Crippen molar-refractivity contribution in [1.29, 1.82) is 0 Å². The summed E-state index contributed by atoms with van der Waals surface area (Å²) in [5, 5.41) is 3.83. The molecule has 3 amide bonds. The van der Waals surface area contributed by atoms with Crippen LogP contribution in [0.4, 0.5) is 4.79 Å². The van der Waals surface area contributed by atoms with Gasteiger partial charge in [-0.1, -0.05) is 18.2 Å². The van der Waals surface area contributed by atoms with Crippen LogP contribution in [0.5, 0.6) is 0 Å². The molecule has 0 aliphatic carbocycles. The van der Waals surface area contributed by atoms with Crippen LogP contribution in [0.2, 0.25) is 0 Å². The Morgan fingerprint density at radius 1 is 1.09 bits per heavy atom. The summed E-state index contributed by atoms with van der Waals surface area (Å²) in [6.45, 7) is 6.12. The van der Waals surface area contributed by atoms with Crippen LogP contribution >= 0.6 is 0 Å². The lowest BCUT2D eigenvalue weighted by Crippen LogP contribution is -2.54.